The van der Waals surface area contributed by atoms with Crippen LogP contribution in [0, 0.1) is 6.92 Å². The monoisotopic (exact) mass is 391 g/mol. The SMILES string of the molecule is Cc1cc(CN)cc(Oc2cccc(C(=O)N3CCC(C)(O)CC3)c2)n1.Cl. The second-order valence-corrected chi connectivity index (χ2v) is 7.08. The number of hydrogen-bond donors (Lipinski definition) is 2. The maximum absolute atomic E-state index is 12.7. The van der Waals surface area contributed by atoms with Crippen molar-refractivity contribution < 1.29 is 14.6 Å². The minimum Gasteiger partial charge on any atom is -0.439 e. The first-order valence-electron chi connectivity index (χ1n) is 8.83. The van der Waals surface area contributed by atoms with Crippen molar-refractivity contribution in [1.29, 1.82) is 0 Å². The minimum atomic E-state index is -0.681. The van der Waals surface area contributed by atoms with Crippen LogP contribution in [-0.2, 0) is 6.54 Å². The number of carbonyl (C=O) groups is 1. The van der Waals surface area contributed by atoms with E-state index in [9.17, 15) is 9.90 Å². The molecule has 7 heteroatoms. The summed E-state index contributed by atoms with van der Waals surface area (Å²) in [4.78, 5) is 18.9. The molecule has 3 rings (SSSR count). The van der Waals surface area contributed by atoms with E-state index in [2.05, 4.69) is 4.98 Å². The lowest BCUT2D eigenvalue weighted by atomic mass is 9.93. The largest absolute Gasteiger partial charge is 0.439 e. The summed E-state index contributed by atoms with van der Waals surface area (Å²) in [6.45, 7) is 5.22. The molecule has 1 aromatic carbocycles. The third-order valence-electron chi connectivity index (χ3n) is 4.66. The van der Waals surface area contributed by atoms with Crippen LogP contribution in [0.5, 0.6) is 11.6 Å². The van der Waals surface area contributed by atoms with Crippen molar-refractivity contribution in [2.24, 2.45) is 5.73 Å². The number of likely N-dealkylation sites (tertiary alicyclic amines) is 1. The fourth-order valence-electron chi connectivity index (χ4n) is 3.06. The van der Waals surface area contributed by atoms with Crippen LogP contribution in [0.25, 0.3) is 0 Å². The molecular formula is C20H26ClN3O3. The lowest BCUT2D eigenvalue weighted by Crippen LogP contribution is -2.45. The van der Waals surface area contributed by atoms with Crippen LogP contribution in [0.2, 0.25) is 0 Å². The summed E-state index contributed by atoms with van der Waals surface area (Å²) in [7, 11) is 0. The van der Waals surface area contributed by atoms with E-state index in [1.807, 2.05) is 19.9 Å². The van der Waals surface area contributed by atoms with E-state index < -0.39 is 5.60 Å². The molecule has 0 spiro atoms. The van der Waals surface area contributed by atoms with Gasteiger partial charge in [-0.15, -0.1) is 12.4 Å². The highest BCUT2D eigenvalue weighted by molar-refractivity contribution is 5.94. The van der Waals surface area contributed by atoms with Crippen LogP contribution in [0.1, 0.15) is 41.4 Å². The van der Waals surface area contributed by atoms with E-state index in [1.54, 1.807) is 35.2 Å². The summed E-state index contributed by atoms with van der Waals surface area (Å²) in [5.41, 5.74) is 7.35. The Kier molecular flexibility index (Phi) is 6.81. The van der Waals surface area contributed by atoms with Crippen molar-refractivity contribution in [1.82, 2.24) is 9.88 Å². The molecule has 1 saturated heterocycles. The normalized spacial score (nSPS) is 15.8. The van der Waals surface area contributed by atoms with Crippen molar-refractivity contribution in [3.05, 3.63) is 53.2 Å². The Morgan fingerprint density at radius 3 is 2.67 bits per heavy atom. The molecule has 1 aromatic heterocycles. The molecule has 3 N–H and O–H groups in total. The average molecular weight is 392 g/mol. The van der Waals surface area contributed by atoms with E-state index >= 15 is 0 Å². The molecule has 1 amide bonds. The first-order chi connectivity index (χ1) is 12.4. The molecule has 0 bridgehead atoms. The highest BCUT2D eigenvalue weighted by Crippen LogP contribution is 2.25. The van der Waals surface area contributed by atoms with E-state index in [-0.39, 0.29) is 18.3 Å². The number of nitrogens with zero attached hydrogens (tertiary/aromatic N) is 2. The van der Waals surface area contributed by atoms with E-state index in [0.29, 0.717) is 49.7 Å². The lowest BCUT2D eigenvalue weighted by Gasteiger charge is -2.35. The van der Waals surface area contributed by atoms with Crippen LogP contribution in [0.15, 0.2) is 36.4 Å². The molecule has 0 atom stereocenters. The van der Waals surface area contributed by atoms with Gasteiger partial charge in [0.05, 0.1) is 5.60 Å². The van der Waals surface area contributed by atoms with Gasteiger partial charge in [-0.2, -0.15) is 0 Å². The summed E-state index contributed by atoms with van der Waals surface area (Å²) >= 11 is 0. The van der Waals surface area contributed by atoms with Crippen LogP contribution in [0.4, 0.5) is 0 Å². The first-order valence-corrected chi connectivity index (χ1v) is 8.83. The Bertz CT molecular complexity index is 801. The molecule has 146 valence electrons. The second-order valence-electron chi connectivity index (χ2n) is 7.08. The van der Waals surface area contributed by atoms with E-state index in [0.717, 1.165) is 11.3 Å². The van der Waals surface area contributed by atoms with Gasteiger partial charge in [-0.3, -0.25) is 4.79 Å². The van der Waals surface area contributed by atoms with E-state index in [1.165, 1.54) is 0 Å². The number of aromatic nitrogens is 1. The number of amides is 1. The maximum Gasteiger partial charge on any atom is 0.253 e. The Morgan fingerprint density at radius 1 is 1.30 bits per heavy atom. The van der Waals surface area contributed by atoms with Gasteiger partial charge < -0.3 is 20.5 Å². The van der Waals surface area contributed by atoms with Crippen molar-refractivity contribution in [3.63, 3.8) is 0 Å². The van der Waals surface area contributed by atoms with Gasteiger partial charge >= 0.3 is 0 Å². The topological polar surface area (TPSA) is 88.7 Å². The zero-order chi connectivity index (χ0) is 18.7. The number of aryl methyl sites for hydroxylation is 1. The Morgan fingerprint density at radius 2 is 2.00 bits per heavy atom. The molecule has 1 aliphatic rings. The van der Waals surface area contributed by atoms with Gasteiger partial charge in [0.1, 0.15) is 5.75 Å². The number of piperidine rings is 1. The molecule has 0 aliphatic carbocycles. The fraction of sp³-hybridized carbons (Fsp3) is 0.400. The van der Waals surface area contributed by atoms with Crippen LogP contribution in [-0.4, -0.2) is 39.6 Å². The van der Waals surface area contributed by atoms with Crippen molar-refractivity contribution in [2.75, 3.05) is 13.1 Å². The Hall–Kier alpha value is -2.15. The standard InChI is InChI=1S/C20H25N3O3.ClH/c1-14-10-15(13-21)11-18(22-14)26-17-5-3-4-16(12-17)19(24)23-8-6-20(2,25)7-9-23;/h3-5,10-12,25H,6-9,13,21H2,1-2H3;1H. The Labute approximate surface area is 165 Å². The highest BCUT2D eigenvalue weighted by Gasteiger charge is 2.30. The number of hydrogen-bond acceptors (Lipinski definition) is 5. The number of pyridine rings is 1. The third-order valence-corrected chi connectivity index (χ3v) is 4.66. The zero-order valence-corrected chi connectivity index (χ0v) is 16.5. The van der Waals surface area contributed by atoms with Crippen LogP contribution < -0.4 is 10.5 Å². The van der Waals surface area contributed by atoms with Gasteiger partial charge in [0.15, 0.2) is 0 Å². The van der Waals surface area contributed by atoms with Gasteiger partial charge in [0.25, 0.3) is 5.91 Å². The molecule has 6 nitrogen and oxygen atoms in total. The number of benzene rings is 1. The van der Waals surface area contributed by atoms with Crippen LogP contribution >= 0.6 is 12.4 Å². The molecule has 0 unspecified atom stereocenters. The average Bonchev–Trinajstić information content (AvgIpc) is 2.61. The fourth-order valence-corrected chi connectivity index (χ4v) is 3.06. The third kappa shape index (κ3) is 5.42. The summed E-state index contributed by atoms with van der Waals surface area (Å²) in [6.07, 6.45) is 1.17. The molecule has 27 heavy (non-hydrogen) atoms. The van der Waals surface area contributed by atoms with Gasteiger partial charge in [0, 0.05) is 37.0 Å². The minimum absolute atomic E-state index is 0. The summed E-state index contributed by atoms with van der Waals surface area (Å²) in [5, 5.41) is 10.0. The number of rotatable bonds is 4. The summed E-state index contributed by atoms with van der Waals surface area (Å²) < 4.78 is 5.84. The molecule has 2 aromatic rings. The first kappa shape index (κ1) is 21.2. The maximum atomic E-state index is 12.7. The predicted molar refractivity (Wildman–Crippen MR) is 106 cm³/mol. The van der Waals surface area contributed by atoms with Gasteiger partial charge in [-0.25, -0.2) is 4.98 Å². The number of aliphatic hydroxyl groups is 1. The number of carbonyl (C=O) groups excluding carboxylic acids is 1. The van der Waals surface area contributed by atoms with Gasteiger partial charge in [0.2, 0.25) is 5.88 Å². The Balaban J connectivity index is 0.00000261. The summed E-state index contributed by atoms with van der Waals surface area (Å²) in [5.74, 6) is 0.968. The smallest absolute Gasteiger partial charge is 0.253 e. The molecule has 0 radical (unpaired) electrons. The van der Waals surface area contributed by atoms with Crippen molar-refractivity contribution >= 4 is 18.3 Å². The summed E-state index contributed by atoms with van der Waals surface area (Å²) in [6, 6.07) is 10.8. The molecule has 2 heterocycles. The highest BCUT2D eigenvalue weighted by atomic mass is 35.5. The van der Waals surface area contributed by atoms with Crippen molar-refractivity contribution in [2.45, 2.75) is 38.8 Å². The number of ether oxygens (including phenoxy) is 1. The number of halogens is 1. The zero-order valence-electron chi connectivity index (χ0n) is 15.6. The molecule has 1 fully saturated rings. The van der Waals surface area contributed by atoms with Gasteiger partial charge in [-0.05, 0) is 56.5 Å². The molecular weight excluding hydrogens is 366 g/mol. The molecule has 1 aliphatic heterocycles. The number of nitrogens with two attached hydrogens (primary N) is 1. The van der Waals surface area contributed by atoms with Gasteiger partial charge in [-0.1, -0.05) is 6.07 Å². The molecule has 0 saturated carbocycles. The predicted octanol–water partition coefficient (Wildman–Crippen LogP) is 3.05. The lowest BCUT2D eigenvalue weighted by molar-refractivity contribution is -0.00203. The van der Waals surface area contributed by atoms with E-state index in [4.69, 9.17) is 10.5 Å². The van der Waals surface area contributed by atoms with Crippen LogP contribution in [0.3, 0.4) is 0 Å². The quantitative estimate of drug-likeness (QED) is 0.836. The van der Waals surface area contributed by atoms with Crippen molar-refractivity contribution in [3.8, 4) is 11.6 Å². The second kappa shape index (κ2) is 8.69.